The van der Waals surface area contributed by atoms with E-state index in [0.717, 1.165) is 55.9 Å². The van der Waals surface area contributed by atoms with E-state index in [2.05, 4.69) is 43.4 Å². The van der Waals surface area contributed by atoms with Crippen molar-refractivity contribution in [1.82, 2.24) is 29.6 Å². The molecule has 0 radical (unpaired) electrons. The fraction of sp³-hybridized carbons (Fsp3) is 0.700. The van der Waals surface area contributed by atoms with Crippen LogP contribution >= 0.6 is 0 Å². The van der Waals surface area contributed by atoms with Gasteiger partial charge in [-0.05, 0) is 32.2 Å². The van der Waals surface area contributed by atoms with Crippen molar-refractivity contribution >= 4 is 11.8 Å². The number of rotatable bonds is 2. The van der Waals surface area contributed by atoms with Crippen LogP contribution in [-0.2, 0) is 5.54 Å². The van der Waals surface area contributed by atoms with Crippen molar-refractivity contribution in [3.8, 4) is 5.69 Å². The van der Waals surface area contributed by atoms with Crippen molar-refractivity contribution < 1.29 is 0 Å². The maximum Gasteiger partial charge on any atom is 0.227 e. The standard InChI is InChI=1S/C20H28N8/c1-14-11-20(14)18-24-22-13-27(18)16-12-21-19(26-9-7-25(2)8-10-26)23-17(16)28(20)15-5-3-4-6-15/h12-15H,3-11H2,1-2H3/t14-,20-/m0/s1. The molecule has 0 unspecified atom stereocenters. The van der Waals surface area contributed by atoms with E-state index in [1.807, 2.05) is 12.5 Å². The number of nitrogens with zero attached hydrogens (tertiary/aromatic N) is 8. The van der Waals surface area contributed by atoms with Gasteiger partial charge in [-0.15, -0.1) is 10.2 Å². The highest BCUT2D eigenvalue weighted by Crippen LogP contribution is 2.61. The summed E-state index contributed by atoms with van der Waals surface area (Å²) in [6, 6.07) is 0.546. The molecule has 6 rings (SSSR count). The van der Waals surface area contributed by atoms with Gasteiger partial charge in [0.05, 0.1) is 6.20 Å². The maximum absolute atomic E-state index is 5.18. The van der Waals surface area contributed by atoms with Crippen LogP contribution in [0, 0.1) is 5.92 Å². The average molecular weight is 381 g/mol. The monoisotopic (exact) mass is 380 g/mol. The lowest BCUT2D eigenvalue weighted by molar-refractivity contribution is 0.311. The molecule has 0 amide bonds. The predicted octanol–water partition coefficient (Wildman–Crippen LogP) is 1.81. The second kappa shape index (κ2) is 5.89. The van der Waals surface area contributed by atoms with Crippen molar-refractivity contribution in [2.75, 3.05) is 43.0 Å². The Morgan fingerprint density at radius 3 is 2.57 bits per heavy atom. The van der Waals surface area contributed by atoms with E-state index in [9.17, 15) is 0 Å². The minimum Gasteiger partial charge on any atom is -0.338 e. The molecule has 2 aliphatic heterocycles. The first kappa shape index (κ1) is 16.7. The number of fused-ring (bicyclic) bond motifs is 4. The summed E-state index contributed by atoms with van der Waals surface area (Å²) in [7, 11) is 2.18. The van der Waals surface area contributed by atoms with Gasteiger partial charge >= 0.3 is 0 Å². The smallest absolute Gasteiger partial charge is 0.227 e. The molecule has 1 saturated heterocycles. The van der Waals surface area contributed by atoms with Crippen LogP contribution in [0.4, 0.5) is 11.8 Å². The van der Waals surface area contributed by atoms with E-state index < -0.39 is 0 Å². The quantitative estimate of drug-likeness (QED) is 0.787. The van der Waals surface area contributed by atoms with Gasteiger partial charge in [-0.2, -0.15) is 4.98 Å². The van der Waals surface area contributed by atoms with E-state index in [-0.39, 0.29) is 5.54 Å². The fourth-order valence-electron chi connectivity index (χ4n) is 5.58. The average Bonchev–Trinajstić information content (AvgIpc) is 3.15. The Morgan fingerprint density at radius 2 is 1.86 bits per heavy atom. The van der Waals surface area contributed by atoms with Gasteiger partial charge in [0.15, 0.2) is 11.6 Å². The first-order valence-electron chi connectivity index (χ1n) is 10.7. The molecule has 0 bridgehead atoms. The zero-order valence-corrected chi connectivity index (χ0v) is 16.8. The Hall–Kier alpha value is -2.22. The van der Waals surface area contributed by atoms with Crippen LogP contribution < -0.4 is 9.80 Å². The molecule has 2 aliphatic carbocycles. The third-order valence-electron chi connectivity index (χ3n) is 7.34. The molecule has 3 fully saturated rings. The molecule has 0 aromatic carbocycles. The fourth-order valence-corrected chi connectivity index (χ4v) is 5.58. The summed E-state index contributed by atoms with van der Waals surface area (Å²) in [5, 5.41) is 8.83. The number of anilines is 2. The first-order chi connectivity index (χ1) is 13.7. The van der Waals surface area contributed by atoms with E-state index in [0.29, 0.717) is 12.0 Å². The highest BCUT2D eigenvalue weighted by molar-refractivity contribution is 5.67. The van der Waals surface area contributed by atoms with Gasteiger partial charge in [-0.3, -0.25) is 4.57 Å². The van der Waals surface area contributed by atoms with Crippen LogP contribution in [0.5, 0.6) is 0 Å². The van der Waals surface area contributed by atoms with Gasteiger partial charge < -0.3 is 14.7 Å². The third-order valence-corrected chi connectivity index (χ3v) is 7.34. The Balaban J connectivity index is 1.48. The molecule has 148 valence electrons. The van der Waals surface area contributed by atoms with E-state index in [1.165, 1.54) is 25.7 Å². The highest BCUT2D eigenvalue weighted by atomic mass is 15.4. The molecule has 2 aromatic heterocycles. The van der Waals surface area contributed by atoms with Crippen LogP contribution in [0.15, 0.2) is 12.5 Å². The molecule has 2 atom stereocenters. The van der Waals surface area contributed by atoms with Crippen molar-refractivity contribution in [3.05, 3.63) is 18.3 Å². The normalized spacial score (nSPS) is 30.0. The van der Waals surface area contributed by atoms with Crippen LogP contribution in [-0.4, -0.2) is 68.9 Å². The molecule has 0 N–H and O–H groups in total. The molecular weight excluding hydrogens is 352 g/mol. The third kappa shape index (κ3) is 2.21. The summed E-state index contributed by atoms with van der Waals surface area (Å²) in [5.74, 6) is 3.61. The topological polar surface area (TPSA) is 66.2 Å². The van der Waals surface area contributed by atoms with Gasteiger partial charge in [-0.25, -0.2) is 4.98 Å². The SMILES string of the molecule is C[C@H]1C[C@@]12c1nncn1-c1cnc(N3CCN(C)CC3)nc1N2C1CCCC1. The van der Waals surface area contributed by atoms with Crippen molar-refractivity contribution in [1.29, 1.82) is 0 Å². The van der Waals surface area contributed by atoms with Gasteiger partial charge in [0.25, 0.3) is 0 Å². The van der Waals surface area contributed by atoms with E-state index >= 15 is 0 Å². The lowest BCUT2D eigenvalue weighted by Crippen LogP contribution is -2.49. The number of hydrogen-bond acceptors (Lipinski definition) is 7. The summed E-state index contributed by atoms with van der Waals surface area (Å²) in [6.45, 7) is 6.43. The number of aromatic nitrogens is 5. The molecule has 2 aromatic rings. The van der Waals surface area contributed by atoms with Gasteiger partial charge in [0.1, 0.15) is 17.6 Å². The van der Waals surface area contributed by atoms with Gasteiger partial charge in [-0.1, -0.05) is 19.8 Å². The molecule has 1 spiro atoms. The molecule has 8 nitrogen and oxygen atoms in total. The van der Waals surface area contributed by atoms with Crippen LogP contribution in [0.3, 0.4) is 0 Å². The predicted molar refractivity (Wildman–Crippen MR) is 107 cm³/mol. The van der Waals surface area contributed by atoms with Crippen molar-refractivity contribution in [2.45, 2.75) is 50.6 Å². The number of likely N-dealkylation sites (N-methyl/N-ethyl adjacent to an activating group) is 1. The van der Waals surface area contributed by atoms with Crippen LogP contribution in [0.25, 0.3) is 5.69 Å². The zero-order chi connectivity index (χ0) is 18.9. The summed E-state index contributed by atoms with van der Waals surface area (Å²) in [5.41, 5.74) is 1.00. The Bertz CT molecular complexity index is 895. The lowest BCUT2D eigenvalue weighted by Gasteiger charge is -2.43. The van der Waals surface area contributed by atoms with Gasteiger partial charge in [0, 0.05) is 32.2 Å². The number of hydrogen-bond donors (Lipinski definition) is 0. The maximum atomic E-state index is 5.18. The van der Waals surface area contributed by atoms with E-state index in [1.54, 1.807) is 0 Å². The molecule has 4 heterocycles. The van der Waals surface area contributed by atoms with E-state index in [4.69, 9.17) is 9.97 Å². The summed E-state index contributed by atoms with van der Waals surface area (Å²) >= 11 is 0. The molecule has 28 heavy (non-hydrogen) atoms. The Morgan fingerprint density at radius 1 is 1.11 bits per heavy atom. The van der Waals surface area contributed by atoms with Gasteiger partial charge in [0.2, 0.25) is 5.95 Å². The molecular formula is C20H28N8. The number of piperazine rings is 1. The summed E-state index contributed by atoms with van der Waals surface area (Å²) in [4.78, 5) is 17.3. The largest absolute Gasteiger partial charge is 0.338 e. The van der Waals surface area contributed by atoms with Crippen molar-refractivity contribution in [2.24, 2.45) is 5.92 Å². The Kier molecular flexibility index (Phi) is 3.51. The molecule has 4 aliphatic rings. The zero-order valence-electron chi connectivity index (χ0n) is 16.8. The van der Waals surface area contributed by atoms with Crippen LogP contribution in [0.1, 0.15) is 44.9 Å². The van der Waals surface area contributed by atoms with Crippen molar-refractivity contribution in [3.63, 3.8) is 0 Å². The minimum atomic E-state index is -0.0355. The minimum absolute atomic E-state index is 0.0355. The van der Waals surface area contributed by atoms with Crippen LogP contribution in [0.2, 0.25) is 0 Å². The molecule has 2 saturated carbocycles. The second-order valence-corrected chi connectivity index (χ2v) is 9.03. The lowest BCUT2D eigenvalue weighted by atomic mass is 10.0. The first-order valence-corrected chi connectivity index (χ1v) is 10.7. The summed E-state index contributed by atoms with van der Waals surface area (Å²) in [6.07, 6.45) is 10.1. The summed E-state index contributed by atoms with van der Waals surface area (Å²) < 4.78 is 2.14. The second-order valence-electron chi connectivity index (χ2n) is 9.03. The highest BCUT2D eigenvalue weighted by Gasteiger charge is 2.64. The Labute approximate surface area is 165 Å². The molecule has 8 heteroatoms.